The Kier molecular flexibility index (Phi) is 5.03. The number of rotatable bonds is 6. The molecule has 2 aromatic carbocycles. The average molecular weight is 337 g/mol. The zero-order valence-electron chi connectivity index (χ0n) is 14.1. The molecule has 7 heteroatoms. The maximum Gasteiger partial charge on any atom is 0.228 e. The van der Waals surface area contributed by atoms with Gasteiger partial charge >= 0.3 is 0 Å². The van der Waals surface area contributed by atoms with Crippen LogP contribution in [0, 0.1) is 0 Å². The van der Waals surface area contributed by atoms with Crippen molar-refractivity contribution >= 4 is 11.6 Å². The molecule has 0 aliphatic carbocycles. The highest BCUT2D eigenvalue weighted by Crippen LogP contribution is 2.20. The summed E-state index contributed by atoms with van der Waals surface area (Å²) in [6.07, 6.45) is 0.294. The van der Waals surface area contributed by atoms with Crippen molar-refractivity contribution in [1.29, 1.82) is 0 Å². The molecule has 0 spiro atoms. The van der Waals surface area contributed by atoms with Crippen LogP contribution < -0.4 is 10.1 Å². The number of aryl methyl sites for hydroxylation is 1. The molecule has 0 radical (unpaired) electrons. The molecule has 1 aromatic heterocycles. The van der Waals surface area contributed by atoms with Crippen LogP contribution in [-0.2, 0) is 18.3 Å². The smallest absolute Gasteiger partial charge is 0.228 e. The fraction of sp³-hybridized carbons (Fsp3) is 0.222. The van der Waals surface area contributed by atoms with Gasteiger partial charge in [0.15, 0.2) is 5.82 Å². The van der Waals surface area contributed by atoms with E-state index < -0.39 is 0 Å². The number of carbonyl (C=O) groups is 1. The van der Waals surface area contributed by atoms with Crippen molar-refractivity contribution in [3.63, 3.8) is 0 Å². The Labute approximate surface area is 145 Å². The fourth-order valence-electron chi connectivity index (χ4n) is 2.47. The fourth-order valence-corrected chi connectivity index (χ4v) is 2.47. The van der Waals surface area contributed by atoms with Crippen LogP contribution >= 0.6 is 0 Å². The molecule has 1 heterocycles. The summed E-state index contributed by atoms with van der Waals surface area (Å²) in [5, 5.41) is 14.3. The molecule has 3 rings (SSSR count). The standard InChI is InChI=1S/C18H19N5O2/c1-3-25-16-9-7-13(8-10-16)11-17(24)19-15-6-4-5-14(12-15)18-20-21-22-23(18)2/h4-10,12H,3,11H2,1-2H3,(H,19,24). The molecule has 3 aromatic rings. The van der Waals surface area contributed by atoms with Gasteiger partial charge in [-0.3, -0.25) is 4.79 Å². The highest BCUT2D eigenvalue weighted by Gasteiger charge is 2.09. The number of tetrazole rings is 1. The molecule has 0 aliphatic rings. The molecular weight excluding hydrogens is 318 g/mol. The lowest BCUT2D eigenvalue weighted by Crippen LogP contribution is -2.14. The van der Waals surface area contributed by atoms with Gasteiger partial charge in [-0.15, -0.1) is 5.10 Å². The van der Waals surface area contributed by atoms with Crippen molar-refractivity contribution in [2.24, 2.45) is 7.05 Å². The minimum Gasteiger partial charge on any atom is -0.494 e. The number of nitrogens with zero attached hydrogens (tertiary/aromatic N) is 4. The van der Waals surface area contributed by atoms with Gasteiger partial charge < -0.3 is 10.1 Å². The lowest BCUT2D eigenvalue weighted by Gasteiger charge is -2.08. The first-order valence-corrected chi connectivity index (χ1v) is 8.00. The number of ether oxygens (including phenoxy) is 1. The SMILES string of the molecule is CCOc1ccc(CC(=O)Nc2cccc(-c3nnnn3C)c2)cc1. The van der Waals surface area contributed by atoms with E-state index in [4.69, 9.17) is 4.74 Å². The third-order valence-electron chi connectivity index (χ3n) is 3.62. The van der Waals surface area contributed by atoms with E-state index in [0.717, 1.165) is 16.9 Å². The second kappa shape index (κ2) is 7.57. The largest absolute Gasteiger partial charge is 0.494 e. The Balaban J connectivity index is 1.66. The van der Waals surface area contributed by atoms with Crippen molar-refractivity contribution in [3.8, 4) is 17.1 Å². The van der Waals surface area contributed by atoms with Crippen LogP contribution in [0.15, 0.2) is 48.5 Å². The number of hydrogen-bond acceptors (Lipinski definition) is 5. The number of benzene rings is 2. The molecule has 0 saturated carbocycles. The average Bonchev–Trinajstić information content (AvgIpc) is 3.03. The number of carbonyl (C=O) groups excluding carboxylic acids is 1. The van der Waals surface area contributed by atoms with E-state index in [2.05, 4.69) is 20.8 Å². The molecule has 0 unspecified atom stereocenters. The molecular formula is C18H19N5O2. The first-order chi connectivity index (χ1) is 12.2. The summed E-state index contributed by atoms with van der Waals surface area (Å²) in [5.74, 6) is 1.36. The number of hydrogen-bond donors (Lipinski definition) is 1. The lowest BCUT2D eigenvalue weighted by atomic mass is 10.1. The van der Waals surface area contributed by atoms with Gasteiger partial charge in [0.2, 0.25) is 5.91 Å². The zero-order chi connectivity index (χ0) is 17.6. The van der Waals surface area contributed by atoms with Crippen LogP contribution in [0.2, 0.25) is 0 Å². The van der Waals surface area contributed by atoms with E-state index in [9.17, 15) is 4.79 Å². The maximum absolute atomic E-state index is 12.3. The molecule has 0 saturated heterocycles. The topological polar surface area (TPSA) is 81.9 Å². The maximum atomic E-state index is 12.3. The van der Waals surface area contributed by atoms with Crippen molar-refractivity contribution in [1.82, 2.24) is 20.2 Å². The van der Waals surface area contributed by atoms with Gasteiger partial charge in [-0.2, -0.15) is 0 Å². The normalized spacial score (nSPS) is 10.5. The Morgan fingerprint density at radius 1 is 1.20 bits per heavy atom. The Morgan fingerprint density at radius 3 is 2.68 bits per heavy atom. The predicted octanol–water partition coefficient (Wildman–Crippen LogP) is 2.46. The van der Waals surface area contributed by atoms with Crippen molar-refractivity contribution in [2.45, 2.75) is 13.3 Å². The molecule has 0 bridgehead atoms. The molecule has 25 heavy (non-hydrogen) atoms. The van der Waals surface area contributed by atoms with Gasteiger partial charge in [0.05, 0.1) is 13.0 Å². The second-order valence-corrected chi connectivity index (χ2v) is 5.51. The van der Waals surface area contributed by atoms with Crippen molar-refractivity contribution in [3.05, 3.63) is 54.1 Å². The van der Waals surface area contributed by atoms with Gasteiger partial charge in [-0.05, 0) is 47.2 Å². The van der Waals surface area contributed by atoms with E-state index >= 15 is 0 Å². The summed E-state index contributed by atoms with van der Waals surface area (Å²) < 4.78 is 6.99. The summed E-state index contributed by atoms with van der Waals surface area (Å²) in [5.41, 5.74) is 2.47. The van der Waals surface area contributed by atoms with Gasteiger partial charge in [-0.1, -0.05) is 24.3 Å². The predicted molar refractivity (Wildman–Crippen MR) is 94.2 cm³/mol. The van der Waals surface area contributed by atoms with Crippen molar-refractivity contribution in [2.75, 3.05) is 11.9 Å². The molecule has 0 fully saturated rings. The summed E-state index contributed by atoms with van der Waals surface area (Å²) in [4.78, 5) is 12.3. The van der Waals surface area contributed by atoms with Crippen LogP contribution in [0.25, 0.3) is 11.4 Å². The monoisotopic (exact) mass is 337 g/mol. The summed E-state index contributed by atoms with van der Waals surface area (Å²) >= 11 is 0. The Morgan fingerprint density at radius 2 is 2.00 bits per heavy atom. The van der Waals surface area contributed by atoms with Crippen LogP contribution in [0.1, 0.15) is 12.5 Å². The molecule has 0 aliphatic heterocycles. The van der Waals surface area contributed by atoms with E-state index in [0.29, 0.717) is 24.5 Å². The van der Waals surface area contributed by atoms with E-state index in [-0.39, 0.29) is 5.91 Å². The third kappa shape index (κ3) is 4.20. The highest BCUT2D eigenvalue weighted by molar-refractivity contribution is 5.92. The van der Waals surface area contributed by atoms with Gasteiger partial charge in [0.25, 0.3) is 0 Å². The first-order valence-electron chi connectivity index (χ1n) is 8.00. The van der Waals surface area contributed by atoms with Crippen molar-refractivity contribution < 1.29 is 9.53 Å². The van der Waals surface area contributed by atoms with Crippen LogP contribution in [0.3, 0.4) is 0 Å². The minimum absolute atomic E-state index is 0.0857. The Hall–Kier alpha value is -3.22. The van der Waals surface area contributed by atoms with Crippen LogP contribution in [-0.4, -0.2) is 32.7 Å². The second-order valence-electron chi connectivity index (χ2n) is 5.51. The number of nitrogens with one attached hydrogen (secondary N) is 1. The van der Waals surface area contributed by atoms with E-state index in [1.165, 1.54) is 0 Å². The van der Waals surface area contributed by atoms with E-state index in [1.807, 2.05) is 55.5 Å². The first kappa shape index (κ1) is 16.6. The molecule has 0 atom stereocenters. The number of amides is 1. The number of aromatic nitrogens is 4. The summed E-state index contributed by atoms with van der Waals surface area (Å²) in [6.45, 7) is 2.56. The quantitative estimate of drug-likeness (QED) is 0.747. The Bertz CT molecular complexity index is 858. The van der Waals surface area contributed by atoms with E-state index in [1.54, 1.807) is 11.7 Å². The molecule has 7 nitrogen and oxygen atoms in total. The minimum atomic E-state index is -0.0857. The highest BCUT2D eigenvalue weighted by atomic mass is 16.5. The summed E-state index contributed by atoms with van der Waals surface area (Å²) in [6, 6.07) is 15.0. The third-order valence-corrected chi connectivity index (χ3v) is 3.62. The summed E-state index contributed by atoms with van der Waals surface area (Å²) in [7, 11) is 1.77. The van der Waals surface area contributed by atoms with Gasteiger partial charge in [0.1, 0.15) is 5.75 Å². The molecule has 1 N–H and O–H groups in total. The molecule has 1 amide bonds. The molecule has 128 valence electrons. The van der Waals surface area contributed by atoms with Crippen LogP contribution in [0.4, 0.5) is 5.69 Å². The van der Waals surface area contributed by atoms with Gasteiger partial charge in [0, 0.05) is 18.3 Å². The zero-order valence-corrected chi connectivity index (χ0v) is 14.1. The number of anilines is 1. The van der Waals surface area contributed by atoms with Crippen LogP contribution in [0.5, 0.6) is 5.75 Å². The van der Waals surface area contributed by atoms with Gasteiger partial charge in [-0.25, -0.2) is 4.68 Å². The lowest BCUT2D eigenvalue weighted by molar-refractivity contribution is -0.115.